The molecular formula is C37H40ClN3O4S. The van der Waals surface area contributed by atoms with Crippen LogP contribution in [0.3, 0.4) is 0 Å². The molecule has 46 heavy (non-hydrogen) atoms. The maximum atomic E-state index is 14.6. The highest BCUT2D eigenvalue weighted by Gasteiger charge is 2.35. The maximum Gasteiger partial charge on any atom is 0.264 e. The van der Waals surface area contributed by atoms with E-state index in [1.807, 2.05) is 61.5 Å². The van der Waals surface area contributed by atoms with Gasteiger partial charge in [0.15, 0.2) is 0 Å². The Bertz CT molecular complexity index is 1690. The molecule has 1 fully saturated rings. The normalized spacial score (nSPS) is 14.3. The zero-order valence-electron chi connectivity index (χ0n) is 26.0. The molecule has 9 heteroatoms. The SMILES string of the molecule is Cc1ccc(N(CC(=O)N(Cc2ccc(Cl)cc2)[C@H](Cc2ccccc2)C(=O)NC2CCCCC2)S(=O)(=O)c2ccccc2)cc1. The molecule has 2 amide bonds. The molecule has 0 aromatic heterocycles. The summed E-state index contributed by atoms with van der Waals surface area (Å²) in [5, 5.41) is 3.78. The first-order valence-electron chi connectivity index (χ1n) is 15.7. The number of rotatable bonds is 12. The third-order valence-corrected chi connectivity index (χ3v) is 10.5. The van der Waals surface area contributed by atoms with Crippen molar-refractivity contribution < 1.29 is 18.0 Å². The first-order valence-corrected chi connectivity index (χ1v) is 17.6. The van der Waals surface area contributed by atoms with Crippen molar-refractivity contribution in [2.75, 3.05) is 10.8 Å². The van der Waals surface area contributed by atoms with Gasteiger partial charge in [-0.15, -0.1) is 0 Å². The molecule has 1 aliphatic carbocycles. The van der Waals surface area contributed by atoms with Gasteiger partial charge < -0.3 is 10.2 Å². The number of nitrogens with zero attached hydrogens (tertiary/aromatic N) is 2. The fourth-order valence-corrected chi connectivity index (χ4v) is 7.41. The Hall–Kier alpha value is -4.14. The van der Waals surface area contributed by atoms with E-state index in [9.17, 15) is 18.0 Å². The number of nitrogens with one attached hydrogen (secondary N) is 1. The second kappa shape index (κ2) is 15.4. The Labute approximate surface area is 277 Å². The van der Waals surface area contributed by atoms with Crippen LogP contribution in [0.15, 0.2) is 114 Å². The van der Waals surface area contributed by atoms with E-state index < -0.39 is 28.5 Å². The molecule has 0 spiro atoms. The van der Waals surface area contributed by atoms with Crippen LogP contribution in [0.1, 0.15) is 48.8 Å². The van der Waals surface area contributed by atoms with E-state index in [0.717, 1.165) is 53.1 Å². The Morgan fingerprint density at radius 3 is 2.04 bits per heavy atom. The van der Waals surface area contributed by atoms with Crippen molar-refractivity contribution in [3.63, 3.8) is 0 Å². The predicted molar refractivity (Wildman–Crippen MR) is 183 cm³/mol. The van der Waals surface area contributed by atoms with E-state index in [-0.39, 0.29) is 29.8 Å². The number of benzene rings is 4. The van der Waals surface area contributed by atoms with Crippen molar-refractivity contribution in [3.8, 4) is 0 Å². The second-order valence-corrected chi connectivity index (χ2v) is 14.2. The summed E-state index contributed by atoms with van der Waals surface area (Å²) in [6, 6.07) is 31.0. The lowest BCUT2D eigenvalue weighted by molar-refractivity contribution is -0.140. The van der Waals surface area contributed by atoms with Crippen molar-refractivity contribution in [1.29, 1.82) is 0 Å². The summed E-state index contributed by atoms with van der Waals surface area (Å²) < 4.78 is 29.3. The Morgan fingerprint density at radius 2 is 1.41 bits per heavy atom. The summed E-state index contributed by atoms with van der Waals surface area (Å²) in [7, 11) is -4.13. The van der Waals surface area contributed by atoms with Crippen molar-refractivity contribution in [3.05, 3.63) is 131 Å². The number of amides is 2. The van der Waals surface area contributed by atoms with Gasteiger partial charge in [-0.1, -0.05) is 109 Å². The topological polar surface area (TPSA) is 86.8 Å². The number of carbonyl (C=O) groups is 2. The average molecular weight is 658 g/mol. The van der Waals surface area contributed by atoms with Gasteiger partial charge in [0.25, 0.3) is 10.0 Å². The first-order chi connectivity index (χ1) is 22.2. The summed E-state index contributed by atoms with van der Waals surface area (Å²) in [6.07, 6.45) is 5.30. The third kappa shape index (κ3) is 8.56. The minimum atomic E-state index is -4.13. The molecule has 5 rings (SSSR count). The highest BCUT2D eigenvalue weighted by molar-refractivity contribution is 7.92. The van der Waals surface area contributed by atoms with Crippen molar-refractivity contribution in [2.45, 2.75) is 69.0 Å². The molecule has 0 heterocycles. The van der Waals surface area contributed by atoms with Crippen LogP contribution in [0.5, 0.6) is 0 Å². The number of aryl methyl sites for hydroxylation is 1. The zero-order valence-corrected chi connectivity index (χ0v) is 27.6. The van der Waals surface area contributed by atoms with E-state index in [2.05, 4.69) is 5.32 Å². The smallest absolute Gasteiger partial charge is 0.264 e. The molecule has 1 atom stereocenters. The molecule has 0 bridgehead atoms. The fraction of sp³-hybridized carbons (Fsp3) is 0.297. The summed E-state index contributed by atoms with van der Waals surface area (Å²) in [4.78, 5) is 30.3. The van der Waals surface area contributed by atoms with E-state index in [1.54, 1.807) is 42.5 Å². The quantitative estimate of drug-likeness (QED) is 0.179. The van der Waals surface area contributed by atoms with Gasteiger partial charge in [-0.2, -0.15) is 0 Å². The maximum absolute atomic E-state index is 14.6. The average Bonchev–Trinajstić information content (AvgIpc) is 3.07. The molecule has 0 unspecified atom stereocenters. The Balaban J connectivity index is 1.55. The number of halogens is 1. The molecule has 1 aliphatic rings. The molecular weight excluding hydrogens is 618 g/mol. The minimum Gasteiger partial charge on any atom is -0.352 e. The van der Waals surface area contributed by atoms with Crippen molar-refractivity contribution in [1.82, 2.24) is 10.2 Å². The molecule has 240 valence electrons. The highest BCUT2D eigenvalue weighted by Crippen LogP contribution is 2.26. The lowest BCUT2D eigenvalue weighted by atomic mass is 9.94. The minimum absolute atomic E-state index is 0.0366. The van der Waals surface area contributed by atoms with Gasteiger partial charge in [-0.05, 0) is 67.3 Å². The van der Waals surface area contributed by atoms with E-state index >= 15 is 0 Å². The summed E-state index contributed by atoms with van der Waals surface area (Å²) in [6.45, 7) is 1.52. The van der Waals surface area contributed by atoms with Gasteiger partial charge in [0.1, 0.15) is 12.6 Å². The number of hydrogen-bond donors (Lipinski definition) is 1. The monoisotopic (exact) mass is 657 g/mol. The van der Waals surface area contributed by atoms with Crippen LogP contribution in [-0.4, -0.2) is 43.8 Å². The van der Waals surface area contributed by atoms with Gasteiger partial charge in [0.05, 0.1) is 10.6 Å². The predicted octanol–water partition coefficient (Wildman–Crippen LogP) is 6.93. The summed E-state index contributed by atoms with van der Waals surface area (Å²) >= 11 is 6.18. The van der Waals surface area contributed by atoms with Gasteiger partial charge >= 0.3 is 0 Å². The van der Waals surface area contributed by atoms with Gasteiger partial charge in [0, 0.05) is 24.0 Å². The molecule has 1 N–H and O–H groups in total. The summed E-state index contributed by atoms with van der Waals surface area (Å²) in [5.74, 6) is -0.736. The van der Waals surface area contributed by atoms with E-state index in [0.29, 0.717) is 10.7 Å². The van der Waals surface area contributed by atoms with Gasteiger partial charge in [-0.25, -0.2) is 8.42 Å². The lowest BCUT2D eigenvalue weighted by Crippen LogP contribution is -2.55. The molecule has 0 radical (unpaired) electrons. The largest absolute Gasteiger partial charge is 0.352 e. The van der Waals surface area contributed by atoms with Gasteiger partial charge in [-0.3, -0.25) is 13.9 Å². The molecule has 4 aromatic carbocycles. The van der Waals surface area contributed by atoms with E-state index in [4.69, 9.17) is 11.6 Å². The second-order valence-electron chi connectivity index (χ2n) is 11.9. The Morgan fingerprint density at radius 1 is 0.804 bits per heavy atom. The zero-order chi connectivity index (χ0) is 32.5. The molecule has 0 aliphatic heterocycles. The van der Waals surface area contributed by atoms with Crippen LogP contribution in [0, 0.1) is 6.92 Å². The standard InChI is InChI=1S/C37H40ClN3O4S/c1-28-17-23-33(24-18-28)41(46(44,45)34-15-9-4-10-16-34)27-36(42)40(26-30-19-21-31(38)22-20-30)35(25-29-11-5-2-6-12-29)37(43)39-32-13-7-3-8-14-32/h2,4-6,9-12,15-24,32,35H,3,7-8,13-14,25-27H2,1H3,(H,39,43)/t35-/m1/s1. The lowest BCUT2D eigenvalue weighted by Gasteiger charge is -2.35. The van der Waals surface area contributed by atoms with Crippen LogP contribution < -0.4 is 9.62 Å². The molecule has 1 saturated carbocycles. The van der Waals surface area contributed by atoms with Crippen LogP contribution in [0.4, 0.5) is 5.69 Å². The first kappa shape index (κ1) is 33.2. The fourth-order valence-electron chi connectivity index (χ4n) is 5.84. The van der Waals surface area contributed by atoms with Crippen molar-refractivity contribution >= 4 is 39.1 Å². The van der Waals surface area contributed by atoms with Crippen molar-refractivity contribution in [2.24, 2.45) is 0 Å². The number of anilines is 1. The highest BCUT2D eigenvalue weighted by atomic mass is 35.5. The summed E-state index contributed by atoms with van der Waals surface area (Å²) in [5.41, 5.74) is 2.99. The number of carbonyl (C=O) groups excluding carboxylic acids is 2. The molecule has 7 nitrogen and oxygen atoms in total. The Kier molecular flexibility index (Phi) is 11.1. The van der Waals surface area contributed by atoms with Crippen LogP contribution in [-0.2, 0) is 32.6 Å². The molecule has 0 saturated heterocycles. The third-order valence-electron chi connectivity index (χ3n) is 8.42. The number of sulfonamides is 1. The van der Waals surface area contributed by atoms with Gasteiger partial charge in [0.2, 0.25) is 11.8 Å². The van der Waals surface area contributed by atoms with Crippen LogP contribution in [0.2, 0.25) is 5.02 Å². The van der Waals surface area contributed by atoms with E-state index in [1.165, 1.54) is 17.0 Å². The van der Waals surface area contributed by atoms with Crippen LogP contribution in [0.25, 0.3) is 0 Å². The molecule has 4 aromatic rings. The van der Waals surface area contributed by atoms with Crippen LogP contribution >= 0.6 is 11.6 Å². The number of hydrogen-bond acceptors (Lipinski definition) is 4.